The van der Waals surface area contributed by atoms with Crippen molar-refractivity contribution in [3.63, 3.8) is 0 Å². The van der Waals surface area contributed by atoms with Crippen LogP contribution in [0.5, 0.6) is 11.5 Å². The molecule has 1 aromatic carbocycles. The molecule has 4 N–H and O–H groups in total. The Hall–Kier alpha value is -2.32. The molecule has 0 aromatic heterocycles. The number of hydrogen-bond acceptors (Lipinski definition) is 4. The van der Waals surface area contributed by atoms with Crippen LogP contribution >= 0.6 is 0 Å². The second-order valence-corrected chi connectivity index (χ2v) is 6.77. The van der Waals surface area contributed by atoms with Gasteiger partial charge in [-0.2, -0.15) is 0 Å². The number of methoxy groups -OCH3 is 2. The third kappa shape index (κ3) is 6.73. The molecular weight excluding hydrogens is 348 g/mol. The molecule has 1 aliphatic heterocycles. The van der Waals surface area contributed by atoms with Crippen LogP contribution in [0.3, 0.4) is 0 Å². The zero-order valence-electron chi connectivity index (χ0n) is 16.5. The molecule has 0 spiro atoms. The zero-order chi connectivity index (χ0) is 19.6. The molecule has 27 heavy (non-hydrogen) atoms. The molecule has 0 aliphatic carbocycles. The number of amides is 2. The smallest absolute Gasteiger partial charge is 0.275 e. The molecule has 0 atom stereocenters. The molecule has 1 fully saturated rings. The lowest BCUT2D eigenvalue weighted by Crippen LogP contribution is -3.28. The Balaban J connectivity index is 1.74. The maximum absolute atomic E-state index is 12.0. The number of ether oxygens (including phenoxy) is 2. The van der Waals surface area contributed by atoms with Gasteiger partial charge in [0.2, 0.25) is 5.91 Å². The van der Waals surface area contributed by atoms with Crippen molar-refractivity contribution in [2.24, 2.45) is 0 Å². The van der Waals surface area contributed by atoms with Crippen molar-refractivity contribution in [3.8, 4) is 11.5 Å². The minimum atomic E-state index is -0.148. The van der Waals surface area contributed by atoms with Crippen LogP contribution in [0.1, 0.15) is 12.5 Å². The minimum absolute atomic E-state index is 0.0522. The van der Waals surface area contributed by atoms with Crippen LogP contribution in [0.15, 0.2) is 18.2 Å². The summed E-state index contributed by atoms with van der Waals surface area (Å²) in [6.07, 6.45) is 0. The van der Waals surface area contributed by atoms with Crippen LogP contribution in [-0.2, 0) is 16.1 Å². The van der Waals surface area contributed by atoms with E-state index in [1.165, 1.54) is 15.4 Å². The van der Waals surface area contributed by atoms with E-state index in [0.717, 1.165) is 44.2 Å². The second kappa shape index (κ2) is 10.7. The molecule has 0 saturated carbocycles. The first kappa shape index (κ1) is 21.0. The first-order chi connectivity index (χ1) is 13.0. The van der Waals surface area contributed by atoms with Gasteiger partial charge in [-0.05, 0) is 25.1 Å². The van der Waals surface area contributed by atoms with Gasteiger partial charge in [0, 0.05) is 12.1 Å². The van der Waals surface area contributed by atoms with Crippen LogP contribution in [0.25, 0.3) is 0 Å². The molecular formula is C19H32N4O4+2. The monoisotopic (exact) mass is 380 g/mol. The Labute approximate surface area is 160 Å². The predicted octanol–water partition coefficient (Wildman–Crippen LogP) is -2.76. The normalized spacial score (nSPS) is 19.2. The van der Waals surface area contributed by atoms with Gasteiger partial charge in [-0.1, -0.05) is 0 Å². The van der Waals surface area contributed by atoms with Crippen LogP contribution < -0.4 is 29.9 Å². The first-order valence-corrected chi connectivity index (χ1v) is 9.47. The number of benzene rings is 1. The Morgan fingerprint density at radius 1 is 0.963 bits per heavy atom. The van der Waals surface area contributed by atoms with Crippen molar-refractivity contribution < 1.29 is 28.9 Å². The minimum Gasteiger partial charge on any atom is -0.493 e. The molecule has 150 valence electrons. The molecule has 2 amide bonds. The lowest BCUT2D eigenvalue weighted by Gasteiger charge is -2.29. The molecule has 8 nitrogen and oxygen atoms in total. The third-order valence-corrected chi connectivity index (χ3v) is 4.80. The molecule has 2 rings (SSSR count). The maximum atomic E-state index is 12.0. The summed E-state index contributed by atoms with van der Waals surface area (Å²) in [4.78, 5) is 26.1. The fourth-order valence-electron chi connectivity index (χ4n) is 3.32. The Bertz CT molecular complexity index is 630. The summed E-state index contributed by atoms with van der Waals surface area (Å²) in [5.74, 6) is 1.27. The molecule has 1 saturated heterocycles. The third-order valence-electron chi connectivity index (χ3n) is 4.80. The summed E-state index contributed by atoms with van der Waals surface area (Å²) in [6.45, 7) is 7.73. The van der Waals surface area contributed by atoms with Gasteiger partial charge in [0.05, 0.1) is 20.8 Å². The van der Waals surface area contributed by atoms with Crippen molar-refractivity contribution in [1.29, 1.82) is 0 Å². The predicted molar refractivity (Wildman–Crippen MR) is 101 cm³/mol. The largest absolute Gasteiger partial charge is 0.493 e. The second-order valence-electron chi connectivity index (χ2n) is 6.77. The first-order valence-electron chi connectivity index (χ1n) is 9.47. The standard InChI is InChI=1S/C19H30N4O4/c1-4-20-18(24)12-21-19(25)14-23-9-7-22(8-10-23)13-15-5-6-16(26-2)17(11-15)27-3/h5-6,11H,4,7-10,12-14H2,1-3H3,(H,20,24)(H,21,25)/p+2. The molecule has 0 bridgehead atoms. The van der Waals surface area contributed by atoms with Crippen molar-refractivity contribution >= 4 is 11.8 Å². The lowest BCUT2D eigenvalue weighted by atomic mass is 10.1. The van der Waals surface area contributed by atoms with E-state index in [2.05, 4.69) is 16.7 Å². The number of likely N-dealkylation sites (N-methyl/N-ethyl adjacent to an activating group) is 1. The van der Waals surface area contributed by atoms with E-state index >= 15 is 0 Å². The molecule has 1 aliphatic rings. The van der Waals surface area contributed by atoms with Gasteiger partial charge in [0.15, 0.2) is 18.0 Å². The fourth-order valence-corrected chi connectivity index (χ4v) is 3.32. The van der Waals surface area contributed by atoms with E-state index in [-0.39, 0.29) is 18.4 Å². The van der Waals surface area contributed by atoms with Crippen LogP contribution in [0.4, 0.5) is 0 Å². The van der Waals surface area contributed by atoms with E-state index in [1.54, 1.807) is 14.2 Å². The summed E-state index contributed by atoms with van der Waals surface area (Å²) < 4.78 is 10.7. The van der Waals surface area contributed by atoms with Gasteiger partial charge in [-0.3, -0.25) is 9.59 Å². The van der Waals surface area contributed by atoms with Gasteiger partial charge in [0.1, 0.15) is 32.7 Å². The highest BCUT2D eigenvalue weighted by molar-refractivity contribution is 5.84. The Kier molecular flexibility index (Phi) is 8.35. The molecule has 1 aromatic rings. The van der Waals surface area contributed by atoms with E-state index in [0.29, 0.717) is 13.1 Å². The average Bonchev–Trinajstić information content (AvgIpc) is 2.68. The summed E-state index contributed by atoms with van der Waals surface area (Å²) in [6, 6.07) is 6.04. The maximum Gasteiger partial charge on any atom is 0.275 e. The average molecular weight is 380 g/mol. The van der Waals surface area contributed by atoms with E-state index < -0.39 is 0 Å². The van der Waals surface area contributed by atoms with Gasteiger partial charge in [-0.15, -0.1) is 0 Å². The zero-order valence-corrected chi connectivity index (χ0v) is 16.5. The van der Waals surface area contributed by atoms with Crippen LogP contribution in [0.2, 0.25) is 0 Å². The SMILES string of the molecule is CCNC(=O)CNC(=O)C[NH+]1CC[NH+](Cc2ccc(OC)c(OC)c2)CC1. The van der Waals surface area contributed by atoms with E-state index in [4.69, 9.17) is 9.47 Å². The summed E-state index contributed by atoms with van der Waals surface area (Å²) in [5.41, 5.74) is 1.21. The Morgan fingerprint density at radius 3 is 2.26 bits per heavy atom. The molecule has 0 unspecified atom stereocenters. The number of hydrogen-bond donors (Lipinski definition) is 4. The summed E-state index contributed by atoms with van der Waals surface area (Å²) in [5, 5.41) is 5.35. The van der Waals surface area contributed by atoms with E-state index in [9.17, 15) is 9.59 Å². The molecule has 8 heteroatoms. The van der Waals surface area contributed by atoms with E-state index in [1.807, 2.05) is 19.1 Å². The number of nitrogens with one attached hydrogen (secondary N) is 4. The van der Waals surface area contributed by atoms with Crippen molar-refractivity contribution in [3.05, 3.63) is 23.8 Å². The topological polar surface area (TPSA) is 85.5 Å². The number of rotatable bonds is 9. The highest BCUT2D eigenvalue weighted by Crippen LogP contribution is 2.27. The summed E-state index contributed by atoms with van der Waals surface area (Å²) in [7, 11) is 3.28. The van der Waals surface area contributed by atoms with Crippen molar-refractivity contribution in [1.82, 2.24) is 10.6 Å². The number of carbonyl (C=O) groups excluding carboxylic acids is 2. The van der Waals surface area contributed by atoms with Crippen molar-refractivity contribution in [2.75, 3.05) is 60.0 Å². The van der Waals surface area contributed by atoms with Gasteiger partial charge < -0.3 is 29.9 Å². The molecule has 0 radical (unpaired) electrons. The number of quaternary nitrogens is 2. The quantitative estimate of drug-likeness (QED) is 0.374. The van der Waals surface area contributed by atoms with Crippen molar-refractivity contribution in [2.45, 2.75) is 13.5 Å². The van der Waals surface area contributed by atoms with Gasteiger partial charge >= 0.3 is 0 Å². The van der Waals surface area contributed by atoms with Crippen LogP contribution in [0, 0.1) is 0 Å². The van der Waals surface area contributed by atoms with Gasteiger partial charge in [-0.25, -0.2) is 0 Å². The van der Waals surface area contributed by atoms with Gasteiger partial charge in [0.25, 0.3) is 5.91 Å². The lowest BCUT2D eigenvalue weighted by molar-refractivity contribution is -1.02. The fraction of sp³-hybridized carbons (Fsp3) is 0.579. The highest BCUT2D eigenvalue weighted by Gasteiger charge is 2.25. The number of carbonyl (C=O) groups is 2. The van der Waals surface area contributed by atoms with Crippen LogP contribution in [-0.4, -0.2) is 71.8 Å². The summed E-state index contributed by atoms with van der Waals surface area (Å²) >= 11 is 0. The molecule has 1 heterocycles. The Morgan fingerprint density at radius 2 is 1.63 bits per heavy atom. The number of piperazine rings is 1. The highest BCUT2D eigenvalue weighted by atomic mass is 16.5.